The molecule has 0 aliphatic rings. The molecule has 2 N–H and O–H groups in total. The van der Waals surface area contributed by atoms with Gasteiger partial charge >= 0.3 is 11.9 Å². The number of halogens is 2. The van der Waals surface area contributed by atoms with Crippen LogP contribution in [0.5, 0.6) is 23.0 Å². The van der Waals surface area contributed by atoms with Crippen LogP contribution in [-0.2, 0) is 33.6 Å². The van der Waals surface area contributed by atoms with Gasteiger partial charge in [0, 0.05) is 23.0 Å². The van der Waals surface area contributed by atoms with Crippen molar-refractivity contribution in [3.05, 3.63) is 191 Å². The molecule has 0 spiro atoms. The van der Waals surface area contributed by atoms with Crippen LogP contribution >= 0.6 is 0 Å². The smallest absolute Gasteiger partial charge is 0.307 e. The SMILES string of the molecule is C/C=C\[C@@H](c1ccc(OCc2ccc(C(C)(C)C)c(-c3cc(OC)ccc3F)c2)cc1)[C@@H](C)C(=O)O.C/C=C\[C@@H](c1ccc(OCc2ccc(C(C)(C)C)c(-c3cc(OC)ccc3F)c2)cc1)[C@H](C)C(=O)O. The van der Waals surface area contributed by atoms with E-state index < -0.39 is 23.8 Å². The number of hydrogen-bond donors (Lipinski definition) is 2. The van der Waals surface area contributed by atoms with Gasteiger partial charge in [0.1, 0.15) is 47.8 Å². The summed E-state index contributed by atoms with van der Waals surface area (Å²) in [6.07, 6.45) is 7.56. The number of allylic oxidation sites excluding steroid dienone is 4. The molecule has 0 bridgehead atoms. The van der Waals surface area contributed by atoms with Gasteiger partial charge in [-0.25, -0.2) is 8.78 Å². The highest BCUT2D eigenvalue weighted by Crippen LogP contribution is 2.39. The molecule has 4 atom stereocenters. The van der Waals surface area contributed by atoms with E-state index in [-0.39, 0.29) is 34.3 Å². The van der Waals surface area contributed by atoms with Crippen LogP contribution in [0.15, 0.2) is 146 Å². The van der Waals surface area contributed by atoms with Crippen LogP contribution in [0, 0.1) is 23.5 Å². The largest absolute Gasteiger partial charge is 0.497 e. The van der Waals surface area contributed by atoms with Gasteiger partial charge in [0.15, 0.2) is 0 Å². The number of ether oxygens (including phenoxy) is 4. The Labute approximate surface area is 425 Å². The number of carboxylic acids is 2. The summed E-state index contributed by atoms with van der Waals surface area (Å²) >= 11 is 0. The molecule has 0 radical (unpaired) electrons. The maximum absolute atomic E-state index is 14.9. The zero-order chi connectivity index (χ0) is 52.9. The molecule has 0 aromatic heterocycles. The molecular weight excluding hydrogens is 911 g/mol. The lowest BCUT2D eigenvalue weighted by molar-refractivity contribution is -0.142. The van der Waals surface area contributed by atoms with E-state index in [1.54, 1.807) is 52.3 Å². The Morgan fingerprint density at radius 1 is 0.500 bits per heavy atom. The van der Waals surface area contributed by atoms with Crippen molar-refractivity contribution in [3.63, 3.8) is 0 Å². The molecule has 380 valence electrons. The molecule has 6 aromatic rings. The minimum absolute atomic E-state index is 0.184. The Morgan fingerprint density at radius 2 is 0.833 bits per heavy atom. The minimum atomic E-state index is -0.833. The van der Waals surface area contributed by atoms with Crippen molar-refractivity contribution in [1.29, 1.82) is 0 Å². The molecule has 0 heterocycles. The first-order valence-electron chi connectivity index (χ1n) is 24.2. The number of aliphatic carboxylic acids is 2. The monoisotopic (exact) mass is 981 g/mol. The van der Waals surface area contributed by atoms with Crippen LogP contribution in [-0.4, -0.2) is 36.4 Å². The van der Waals surface area contributed by atoms with Crippen LogP contribution in [0.2, 0.25) is 0 Å². The summed E-state index contributed by atoms with van der Waals surface area (Å²) in [6, 6.07) is 36.6. The Kier molecular flexibility index (Phi) is 19.2. The Balaban J connectivity index is 0.000000267. The van der Waals surface area contributed by atoms with Crippen molar-refractivity contribution < 1.29 is 47.5 Å². The Bertz CT molecular complexity index is 2640. The van der Waals surface area contributed by atoms with Gasteiger partial charge in [-0.2, -0.15) is 0 Å². The molecule has 6 aromatic carbocycles. The fraction of sp³-hybridized carbons (Fsp3) is 0.323. The lowest BCUT2D eigenvalue weighted by Crippen LogP contribution is -2.17. The quantitative estimate of drug-likeness (QED) is 0.0819. The molecule has 8 nitrogen and oxygen atoms in total. The molecular formula is C62H70F2O8. The van der Waals surface area contributed by atoms with Crippen LogP contribution in [0.25, 0.3) is 22.3 Å². The highest BCUT2D eigenvalue weighted by atomic mass is 19.1. The van der Waals surface area contributed by atoms with Gasteiger partial charge in [0.2, 0.25) is 0 Å². The fourth-order valence-electron chi connectivity index (χ4n) is 8.55. The second-order valence-corrected chi connectivity index (χ2v) is 20.0. The fourth-order valence-corrected chi connectivity index (χ4v) is 8.55. The van der Waals surface area contributed by atoms with E-state index in [1.165, 1.54) is 12.1 Å². The van der Waals surface area contributed by atoms with Gasteiger partial charge in [0.25, 0.3) is 0 Å². The van der Waals surface area contributed by atoms with E-state index >= 15 is 0 Å². The second kappa shape index (κ2) is 24.8. The number of methoxy groups -OCH3 is 2. The van der Waals surface area contributed by atoms with Crippen molar-refractivity contribution in [2.75, 3.05) is 14.2 Å². The third kappa shape index (κ3) is 14.5. The summed E-state index contributed by atoms with van der Waals surface area (Å²) in [5.74, 6) is -1.23. The van der Waals surface area contributed by atoms with Gasteiger partial charge in [-0.05, 0) is 142 Å². The first kappa shape index (κ1) is 55.7. The minimum Gasteiger partial charge on any atom is -0.497 e. The molecule has 0 aliphatic carbocycles. The summed E-state index contributed by atoms with van der Waals surface area (Å²) in [4.78, 5) is 23.0. The second-order valence-electron chi connectivity index (χ2n) is 20.0. The summed E-state index contributed by atoms with van der Waals surface area (Å²) in [5.41, 5.74) is 7.97. The van der Waals surface area contributed by atoms with Gasteiger partial charge < -0.3 is 29.2 Å². The van der Waals surface area contributed by atoms with Gasteiger partial charge in [-0.15, -0.1) is 0 Å². The van der Waals surface area contributed by atoms with E-state index in [1.807, 2.05) is 123 Å². The molecule has 72 heavy (non-hydrogen) atoms. The molecule has 0 unspecified atom stereocenters. The van der Waals surface area contributed by atoms with Crippen molar-refractivity contribution in [1.82, 2.24) is 0 Å². The average Bonchev–Trinajstić information content (AvgIpc) is 3.35. The van der Waals surface area contributed by atoms with Crippen molar-refractivity contribution in [2.24, 2.45) is 11.8 Å². The van der Waals surface area contributed by atoms with E-state index in [9.17, 15) is 28.6 Å². The highest BCUT2D eigenvalue weighted by molar-refractivity contribution is 5.74. The van der Waals surface area contributed by atoms with Crippen LogP contribution in [0.1, 0.15) is 114 Å². The number of hydrogen-bond acceptors (Lipinski definition) is 6. The number of carbonyl (C=O) groups is 2. The normalized spacial score (nSPS) is 13.4. The molecule has 0 amide bonds. The third-order valence-corrected chi connectivity index (χ3v) is 12.7. The summed E-state index contributed by atoms with van der Waals surface area (Å²) in [5, 5.41) is 18.9. The third-order valence-electron chi connectivity index (χ3n) is 12.7. The maximum Gasteiger partial charge on any atom is 0.307 e. The number of rotatable bonds is 18. The zero-order valence-electron chi connectivity index (χ0n) is 43.7. The topological polar surface area (TPSA) is 112 Å². The first-order valence-corrected chi connectivity index (χ1v) is 24.2. The van der Waals surface area contributed by atoms with Gasteiger partial charge in [-0.1, -0.05) is 128 Å². The maximum atomic E-state index is 14.9. The predicted molar refractivity (Wildman–Crippen MR) is 284 cm³/mol. The highest BCUT2D eigenvalue weighted by Gasteiger charge is 2.26. The molecule has 6 rings (SSSR count). The lowest BCUT2D eigenvalue weighted by atomic mass is 9.81. The van der Waals surface area contributed by atoms with Crippen molar-refractivity contribution >= 4 is 11.9 Å². The molecule has 0 aliphatic heterocycles. The van der Waals surface area contributed by atoms with Gasteiger partial charge in [-0.3, -0.25) is 9.59 Å². The van der Waals surface area contributed by atoms with Crippen LogP contribution in [0.3, 0.4) is 0 Å². The Morgan fingerprint density at radius 3 is 1.12 bits per heavy atom. The molecule has 10 heteroatoms. The van der Waals surface area contributed by atoms with Crippen molar-refractivity contribution in [3.8, 4) is 45.3 Å². The standard InChI is InChI=1S/2C31H35FO4/c2*1-7-8-25(20(2)30(33)34)22-10-12-23(13-11-22)36-19-21-9-15-28(31(3,4)5)26(17-21)27-18-24(35-6)14-16-29(27)32/h2*7-18,20,25H,19H2,1-6H3,(H,33,34)/b2*8-7-/t20-,25+;20-,25-/m01/s1. The van der Waals surface area contributed by atoms with Crippen LogP contribution in [0.4, 0.5) is 8.78 Å². The number of benzene rings is 6. The van der Waals surface area contributed by atoms with E-state index in [4.69, 9.17) is 18.9 Å². The Hall–Kier alpha value is -7.20. The summed E-state index contributed by atoms with van der Waals surface area (Å²) < 4.78 is 52.5. The molecule has 0 saturated heterocycles. The first-order chi connectivity index (χ1) is 34.1. The van der Waals surface area contributed by atoms with E-state index in [0.717, 1.165) is 44.5 Å². The van der Waals surface area contributed by atoms with Crippen molar-refractivity contribution in [2.45, 2.75) is 105 Å². The molecule has 0 saturated carbocycles. The van der Waals surface area contributed by atoms with E-state index in [0.29, 0.717) is 47.3 Å². The summed E-state index contributed by atoms with van der Waals surface area (Å²) in [7, 11) is 3.14. The van der Waals surface area contributed by atoms with E-state index in [2.05, 4.69) is 41.5 Å². The average molecular weight is 981 g/mol. The summed E-state index contributed by atoms with van der Waals surface area (Å²) in [6.45, 7) is 20.4. The molecule has 0 fully saturated rings. The zero-order valence-corrected chi connectivity index (χ0v) is 43.7. The number of carboxylic acid groups (broad SMARTS) is 2. The van der Waals surface area contributed by atoms with Crippen LogP contribution < -0.4 is 18.9 Å². The lowest BCUT2D eigenvalue weighted by Gasteiger charge is -2.24. The predicted octanol–water partition coefficient (Wildman–Crippen LogP) is 15.5. The van der Waals surface area contributed by atoms with Gasteiger partial charge in [0.05, 0.1) is 26.1 Å².